The van der Waals surface area contributed by atoms with E-state index in [1.807, 2.05) is 0 Å². The molecular formula is C12H6F3NO3S. The molecule has 0 aromatic heterocycles. The number of hydrogen-bond donors (Lipinski definition) is 0. The Kier molecular flexibility index (Phi) is 3.31. The molecule has 0 aliphatic heterocycles. The first kappa shape index (κ1) is 14.1. The van der Waals surface area contributed by atoms with Crippen molar-refractivity contribution in [1.82, 2.24) is 0 Å². The van der Waals surface area contributed by atoms with Gasteiger partial charge in [0.1, 0.15) is 5.75 Å². The highest BCUT2D eigenvalue weighted by Gasteiger charge is 2.48. The lowest BCUT2D eigenvalue weighted by Crippen LogP contribution is -2.28. The Morgan fingerprint density at radius 3 is 2.40 bits per heavy atom. The highest BCUT2D eigenvalue weighted by molar-refractivity contribution is 7.88. The number of alkyl halides is 3. The van der Waals surface area contributed by atoms with Gasteiger partial charge in [0.2, 0.25) is 0 Å². The van der Waals surface area contributed by atoms with E-state index in [2.05, 4.69) is 4.18 Å². The molecule has 2 rings (SSSR count). The molecule has 2 aromatic carbocycles. The first-order valence-corrected chi connectivity index (χ1v) is 6.59. The van der Waals surface area contributed by atoms with Gasteiger partial charge in [0, 0.05) is 6.07 Å². The molecule has 0 aliphatic rings. The molecule has 104 valence electrons. The molecule has 0 saturated heterocycles. The molecule has 0 heterocycles. The minimum Gasteiger partial charge on any atom is -0.376 e. The summed E-state index contributed by atoms with van der Waals surface area (Å²) in [5.74, 6) is -0.558. The van der Waals surface area contributed by atoms with Gasteiger partial charge in [-0.1, -0.05) is 24.3 Å². The van der Waals surface area contributed by atoms with Gasteiger partial charge in [0.15, 0.2) is 0 Å². The average Bonchev–Trinajstić information content (AvgIpc) is 2.36. The zero-order chi connectivity index (χ0) is 15.0. The molecule has 0 spiro atoms. The van der Waals surface area contributed by atoms with Crippen LogP contribution in [0.3, 0.4) is 0 Å². The Morgan fingerprint density at radius 1 is 1.15 bits per heavy atom. The van der Waals surface area contributed by atoms with Crippen LogP contribution in [0, 0.1) is 11.3 Å². The smallest absolute Gasteiger partial charge is 0.376 e. The fraction of sp³-hybridized carbons (Fsp3) is 0.0833. The molecule has 0 saturated carbocycles. The zero-order valence-electron chi connectivity index (χ0n) is 9.68. The van der Waals surface area contributed by atoms with Gasteiger partial charge in [0.05, 0.1) is 11.6 Å². The third-order valence-electron chi connectivity index (χ3n) is 2.45. The van der Waals surface area contributed by atoms with E-state index in [1.54, 1.807) is 24.3 Å². The van der Waals surface area contributed by atoms with Crippen molar-refractivity contribution in [1.29, 1.82) is 5.26 Å². The number of fused-ring (bicyclic) bond motifs is 1. The summed E-state index contributed by atoms with van der Waals surface area (Å²) in [6.45, 7) is 0. The number of halogens is 3. The van der Waals surface area contributed by atoms with Crippen LogP contribution in [-0.4, -0.2) is 13.9 Å². The molecule has 8 heteroatoms. The predicted octanol–water partition coefficient (Wildman–Crippen LogP) is 2.94. The summed E-state index contributed by atoms with van der Waals surface area (Å²) in [4.78, 5) is 0. The normalized spacial score (nSPS) is 12.1. The fourth-order valence-corrected chi connectivity index (χ4v) is 2.04. The van der Waals surface area contributed by atoms with Crippen molar-refractivity contribution in [3.63, 3.8) is 0 Å². The van der Waals surface area contributed by atoms with E-state index in [-0.39, 0.29) is 5.56 Å². The summed E-state index contributed by atoms with van der Waals surface area (Å²) in [6.07, 6.45) is 0. The van der Waals surface area contributed by atoms with Crippen LogP contribution in [0.1, 0.15) is 5.56 Å². The Morgan fingerprint density at radius 2 is 1.80 bits per heavy atom. The maximum absolute atomic E-state index is 12.2. The number of hydrogen-bond acceptors (Lipinski definition) is 4. The molecular weight excluding hydrogens is 295 g/mol. The number of benzene rings is 2. The number of nitriles is 1. The van der Waals surface area contributed by atoms with Gasteiger partial charge in [-0.3, -0.25) is 0 Å². The number of nitrogens with zero attached hydrogens (tertiary/aromatic N) is 1. The third kappa shape index (κ3) is 2.53. The molecule has 0 N–H and O–H groups in total. The minimum absolute atomic E-state index is 0.0236. The van der Waals surface area contributed by atoms with Gasteiger partial charge in [0.25, 0.3) is 0 Å². The lowest BCUT2D eigenvalue weighted by Gasteiger charge is -2.10. The van der Waals surface area contributed by atoms with Gasteiger partial charge in [-0.15, -0.1) is 0 Å². The van der Waals surface area contributed by atoms with Crippen molar-refractivity contribution < 1.29 is 25.8 Å². The van der Waals surface area contributed by atoms with Crippen LogP contribution >= 0.6 is 0 Å². The highest BCUT2D eigenvalue weighted by Crippen LogP contribution is 2.30. The Hall–Kier alpha value is -2.27. The molecule has 0 amide bonds. The summed E-state index contributed by atoms with van der Waals surface area (Å²) in [7, 11) is -5.75. The lowest BCUT2D eigenvalue weighted by molar-refractivity contribution is -0.0500. The second kappa shape index (κ2) is 4.68. The molecule has 0 radical (unpaired) electrons. The summed E-state index contributed by atoms with van der Waals surface area (Å²) in [6, 6.07) is 10.2. The van der Waals surface area contributed by atoms with Crippen LogP contribution in [0.25, 0.3) is 10.8 Å². The summed E-state index contributed by atoms with van der Waals surface area (Å²) in [5, 5.41) is 9.84. The minimum atomic E-state index is -5.75. The van der Waals surface area contributed by atoms with E-state index in [0.29, 0.717) is 10.8 Å². The van der Waals surface area contributed by atoms with E-state index in [4.69, 9.17) is 5.26 Å². The summed E-state index contributed by atoms with van der Waals surface area (Å²) < 4.78 is 62.6. The van der Waals surface area contributed by atoms with Crippen LogP contribution < -0.4 is 4.18 Å². The quantitative estimate of drug-likeness (QED) is 0.632. The van der Waals surface area contributed by atoms with Crippen molar-refractivity contribution >= 4 is 20.9 Å². The van der Waals surface area contributed by atoms with Gasteiger partial charge in [-0.2, -0.15) is 26.9 Å². The summed E-state index contributed by atoms with van der Waals surface area (Å²) in [5.41, 5.74) is -5.50. The second-order valence-electron chi connectivity index (χ2n) is 3.79. The Balaban J connectivity index is 2.56. The molecule has 0 aliphatic carbocycles. The Bertz CT molecular complexity index is 807. The molecule has 20 heavy (non-hydrogen) atoms. The molecule has 2 aromatic rings. The van der Waals surface area contributed by atoms with Crippen LogP contribution in [0.5, 0.6) is 5.75 Å². The maximum atomic E-state index is 12.2. The molecule has 4 nitrogen and oxygen atoms in total. The zero-order valence-corrected chi connectivity index (χ0v) is 10.5. The second-order valence-corrected chi connectivity index (χ2v) is 5.32. The average molecular weight is 301 g/mol. The van der Waals surface area contributed by atoms with E-state index in [1.165, 1.54) is 6.07 Å². The van der Waals surface area contributed by atoms with Crippen LogP contribution in [0.4, 0.5) is 13.2 Å². The first-order chi connectivity index (χ1) is 9.24. The van der Waals surface area contributed by atoms with Gasteiger partial charge in [-0.25, -0.2) is 0 Å². The van der Waals surface area contributed by atoms with Crippen molar-refractivity contribution in [3.8, 4) is 11.8 Å². The van der Waals surface area contributed by atoms with Crippen molar-refractivity contribution in [3.05, 3.63) is 42.0 Å². The van der Waals surface area contributed by atoms with Crippen molar-refractivity contribution in [2.45, 2.75) is 5.51 Å². The van der Waals surface area contributed by atoms with E-state index < -0.39 is 21.4 Å². The molecule has 0 bridgehead atoms. The van der Waals surface area contributed by atoms with Crippen LogP contribution in [0.2, 0.25) is 0 Å². The van der Waals surface area contributed by atoms with E-state index in [9.17, 15) is 21.6 Å². The lowest BCUT2D eigenvalue weighted by atomic mass is 10.1. The van der Waals surface area contributed by atoms with Gasteiger partial charge < -0.3 is 4.18 Å². The predicted molar refractivity (Wildman–Crippen MR) is 64.3 cm³/mol. The van der Waals surface area contributed by atoms with Crippen molar-refractivity contribution in [2.24, 2.45) is 0 Å². The molecule has 0 atom stereocenters. The standard InChI is InChI=1S/C12H6F3NO3S/c13-12(14,15)20(17,18)19-10-5-8-3-1-2-4-11(8)9(6-10)7-16/h1-6H. The molecule has 0 unspecified atom stereocenters. The monoisotopic (exact) mass is 301 g/mol. The topological polar surface area (TPSA) is 67.2 Å². The Labute approximate surface area is 112 Å². The van der Waals surface area contributed by atoms with E-state index in [0.717, 1.165) is 12.1 Å². The summed E-state index contributed by atoms with van der Waals surface area (Å²) >= 11 is 0. The SMILES string of the molecule is N#Cc1cc(OS(=O)(=O)C(F)(F)F)cc2ccccc12. The van der Waals surface area contributed by atoms with Gasteiger partial charge in [-0.05, 0) is 16.8 Å². The number of rotatable bonds is 2. The highest BCUT2D eigenvalue weighted by atomic mass is 32.2. The van der Waals surface area contributed by atoms with Gasteiger partial charge >= 0.3 is 15.6 Å². The van der Waals surface area contributed by atoms with Crippen LogP contribution in [-0.2, 0) is 10.1 Å². The third-order valence-corrected chi connectivity index (χ3v) is 3.42. The van der Waals surface area contributed by atoms with E-state index >= 15 is 0 Å². The fourth-order valence-electron chi connectivity index (χ4n) is 1.60. The van der Waals surface area contributed by atoms with Crippen LogP contribution in [0.15, 0.2) is 36.4 Å². The first-order valence-electron chi connectivity index (χ1n) is 5.18. The molecule has 0 fully saturated rings. The largest absolute Gasteiger partial charge is 0.534 e. The van der Waals surface area contributed by atoms with Crippen molar-refractivity contribution in [2.75, 3.05) is 0 Å². The maximum Gasteiger partial charge on any atom is 0.534 e.